The minimum Gasteiger partial charge on any atom is -0.481 e. The van der Waals surface area contributed by atoms with Crippen molar-refractivity contribution in [3.8, 4) is 0 Å². The zero-order valence-corrected chi connectivity index (χ0v) is 11.7. The number of carboxylic acid groups (broad SMARTS) is 1. The summed E-state index contributed by atoms with van der Waals surface area (Å²) in [6.45, 7) is 6.38. The van der Waals surface area contributed by atoms with Crippen molar-refractivity contribution < 1.29 is 14.7 Å². The van der Waals surface area contributed by atoms with E-state index in [1.165, 1.54) is 0 Å². The summed E-state index contributed by atoms with van der Waals surface area (Å²) in [5.74, 6) is -0.902. The summed E-state index contributed by atoms with van der Waals surface area (Å²) in [5.41, 5.74) is 2.63. The lowest BCUT2D eigenvalue weighted by molar-refractivity contribution is -0.137. The Morgan fingerprint density at radius 2 is 2.00 bits per heavy atom. The van der Waals surface area contributed by atoms with Crippen LogP contribution >= 0.6 is 0 Å². The Morgan fingerprint density at radius 3 is 2.58 bits per heavy atom. The Labute approximate surface area is 113 Å². The van der Waals surface area contributed by atoms with Gasteiger partial charge in [-0.2, -0.15) is 0 Å². The summed E-state index contributed by atoms with van der Waals surface area (Å²) < 4.78 is 0. The highest BCUT2D eigenvalue weighted by Gasteiger charge is 2.21. The molecule has 104 valence electrons. The molecule has 1 atom stereocenters. The van der Waals surface area contributed by atoms with Gasteiger partial charge in [-0.3, -0.25) is 9.59 Å². The minimum atomic E-state index is -0.878. The van der Waals surface area contributed by atoms with Gasteiger partial charge in [-0.25, -0.2) is 0 Å². The summed E-state index contributed by atoms with van der Waals surface area (Å²) in [6.07, 6.45) is 0.309. The number of carbonyl (C=O) groups excluding carboxylic acids is 1. The average Bonchev–Trinajstić information content (AvgIpc) is 2.36. The molecule has 1 aromatic carbocycles. The Hall–Kier alpha value is -1.68. The van der Waals surface area contributed by atoms with Crippen molar-refractivity contribution in [1.29, 1.82) is 0 Å². The maximum atomic E-state index is 12.5. The van der Waals surface area contributed by atoms with E-state index >= 15 is 0 Å². The molecule has 0 aromatic heterocycles. The number of likely N-dealkylation sites (N-methyl/N-ethyl adjacent to an activating group) is 1. The number of nitrogens with one attached hydrogen (secondary N) is 1. The topological polar surface area (TPSA) is 66.4 Å². The second-order valence-corrected chi connectivity index (χ2v) is 4.73. The van der Waals surface area contributed by atoms with Gasteiger partial charge in [0.05, 0.1) is 6.04 Å². The Bertz CT molecular complexity index is 468. The van der Waals surface area contributed by atoms with Gasteiger partial charge in [-0.05, 0) is 38.4 Å². The van der Waals surface area contributed by atoms with Crippen LogP contribution in [0.15, 0.2) is 18.2 Å². The molecule has 1 aromatic rings. The number of rotatable bonds is 7. The Morgan fingerprint density at radius 1 is 1.32 bits per heavy atom. The van der Waals surface area contributed by atoms with E-state index in [4.69, 9.17) is 5.11 Å². The van der Waals surface area contributed by atoms with Gasteiger partial charge in [-0.1, -0.05) is 24.6 Å². The van der Waals surface area contributed by atoms with Crippen LogP contribution in [-0.4, -0.2) is 29.4 Å². The molecular weight excluding hydrogens is 242 g/mol. The molecule has 4 nitrogen and oxygen atoms in total. The first-order valence-electron chi connectivity index (χ1n) is 6.52. The van der Waals surface area contributed by atoms with Crippen LogP contribution in [0.1, 0.15) is 41.3 Å². The van der Waals surface area contributed by atoms with E-state index in [-0.39, 0.29) is 12.2 Å². The SMILES string of the molecule is CCNC(CCC(=O)O)C(=O)c1cc(C)ccc1C. The molecule has 0 spiro atoms. The van der Waals surface area contributed by atoms with Gasteiger partial charge < -0.3 is 10.4 Å². The first kappa shape index (κ1) is 15.4. The highest BCUT2D eigenvalue weighted by Crippen LogP contribution is 2.15. The third kappa shape index (κ3) is 4.48. The quantitative estimate of drug-likeness (QED) is 0.741. The van der Waals surface area contributed by atoms with Crippen molar-refractivity contribution in [3.63, 3.8) is 0 Å². The number of carbonyl (C=O) groups is 2. The number of benzene rings is 1. The van der Waals surface area contributed by atoms with Gasteiger partial charge in [0, 0.05) is 12.0 Å². The van der Waals surface area contributed by atoms with E-state index in [0.717, 1.165) is 11.1 Å². The molecule has 0 fully saturated rings. The second-order valence-electron chi connectivity index (χ2n) is 4.73. The van der Waals surface area contributed by atoms with Crippen molar-refractivity contribution in [2.24, 2.45) is 0 Å². The van der Waals surface area contributed by atoms with Gasteiger partial charge in [0.2, 0.25) is 0 Å². The van der Waals surface area contributed by atoms with E-state index < -0.39 is 12.0 Å². The second kappa shape index (κ2) is 7.04. The first-order valence-corrected chi connectivity index (χ1v) is 6.52. The molecule has 0 radical (unpaired) electrons. The first-order chi connectivity index (χ1) is 8.95. The molecule has 4 heteroatoms. The maximum Gasteiger partial charge on any atom is 0.303 e. The molecular formula is C15H21NO3. The zero-order chi connectivity index (χ0) is 14.4. The predicted octanol–water partition coefficient (Wildman–Crippen LogP) is 2.33. The molecule has 0 aliphatic heterocycles. The predicted molar refractivity (Wildman–Crippen MR) is 74.6 cm³/mol. The minimum absolute atomic E-state index is 0.00568. The van der Waals surface area contributed by atoms with Crippen LogP contribution in [0.5, 0.6) is 0 Å². The van der Waals surface area contributed by atoms with Crippen LogP contribution in [0.25, 0.3) is 0 Å². The molecule has 1 unspecified atom stereocenters. The molecule has 2 N–H and O–H groups in total. The molecule has 0 saturated heterocycles. The number of aryl methyl sites for hydroxylation is 2. The van der Waals surface area contributed by atoms with Crippen molar-refractivity contribution >= 4 is 11.8 Å². The molecule has 0 aliphatic carbocycles. The number of Topliss-reactive ketones (excluding diaryl/α,β-unsaturated/α-hetero) is 1. The molecule has 0 saturated carbocycles. The average molecular weight is 263 g/mol. The van der Waals surface area contributed by atoms with Gasteiger partial charge in [0.25, 0.3) is 0 Å². The summed E-state index contributed by atoms with van der Waals surface area (Å²) in [4.78, 5) is 23.1. The third-order valence-electron chi connectivity index (χ3n) is 3.07. The van der Waals surface area contributed by atoms with Crippen LogP contribution in [-0.2, 0) is 4.79 Å². The summed E-state index contributed by atoms with van der Waals surface area (Å²) in [5, 5.41) is 11.8. The van der Waals surface area contributed by atoms with Crippen molar-refractivity contribution in [3.05, 3.63) is 34.9 Å². The zero-order valence-electron chi connectivity index (χ0n) is 11.7. The lowest BCUT2D eigenvalue weighted by atomic mass is 9.95. The standard InChI is InChI=1S/C15H21NO3/c1-4-16-13(7-8-14(17)18)15(19)12-9-10(2)5-6-11(12)3/h5-6,9,13,16H,4,7-8H2,1-3H3,(H,17,18). The third-order valence-corrected chi connectivity index (χ3v) is 3.07. The Kier molecular flexibility index (Phi) is 5.70. The van der Waals surface area contributed by atoms with Crippen LogP contribution in [0, 0.1) is 13.8 Å². The van der Waals surface area contributed by atoms with E-state index in [2.05, 4.69) is 5.32 Å². The van der Waals surface area contributed by atoms with Gasteiger partial charge in [-0.15, -0.1) is 0 Å². The summed E-state index contributed by atoms with van der Waals surface area (Å²) >= 11 is 0. The van der Waals surface area contributed by atoms with Crippen LogP contribution in [0.4, 0.5) is 0 Å². The number of ketones is 1. The Balaban J connectivity index is 2.91. The van der Waals surface area contributed by atoms with E-state index in [1.807, 2.05) is 39.0 Å². The van der Waals surface area contributed by atoms with Crippen molar-refractivity contribution in [2.45, 2.75) is 39.7 Å². The maximum absolute atomic E-state index is 12.5. The van der Waals surface area contributed by atoms with E-state index in [9.17, 15) is 9.59 Å². The molecule has 19 heavy (non-hydrogen) atoms. The molecule has 0 bridgehead atoms. The monoisotopic (exact) mass is 263 g/mol. The molecule has 0 aliphatic rings. The van der Waals surface area contributed by atoms with Crippen LogP contribution in [0.2, 0.25) is 0 Å². The number of carboxylic acids is 1. The van der Waals surface area contributed by atoms with E-state index in [0.29, 0.717) is 18.5 Å². The highest BCUT2D eigenvalue weighted by atomic mass is 16.4. The van der Waals surface area contributed by atoms with Crippen molar-refractivity contribution in [2.75, 3.05) is 6.54 Å². The number of hydrogen-bond donors (Lipinski definition) is 2. The number of aliphatic carboxylic acids is 1. The molecule has 1 rings (SSSR count). The molecule has 0 amide bonds. The number of hydrogen-bond acceptors (Lipinski definition) is 3. The summed E-state index contributed by atoms with van der Waals surface area (Å²) in [6, 6.07) is 5.32. The molecule has 0 heterocycles. The van der Waals surface area contributed by atoms with Gasteiger partial charge in [0.15, 0.2) is 5.78 Å². The fourth-order valence-corrected chi connectivity index (χ4v) is 2.03. The van der Waals surface area contributed by atoms with Gasteiger partial charge >= 0.3 is 5.97 Å². The van der Waals surface area contributed by atoms with Crippen LogP contribution in [0.3, 0.4) is 0 Å². The fourth-order valence-electron chi connectivity index (χ4n) is 2.03. The van der Waals surface area contributed by atoms with Crippen molar-refractivity contribution in [1.82, 2.24) is 5.32 Å². The smallest absolute Gasteiger partial charge is 0.303 e. The van der Waals surface area contributed by atoms with E-state index in [1.54, 1.807) is 0 Å². The lowest BCUT2D eigenvalue weighted by Crippen LogP contribution is -2.37. The van der Waals surface area contributed by atoms with Crippen LogP contribution < -0.4 is 5.32 Å². The highest BCUT2D eigenvalue weighted by molar-refractivity contribution is 6.01. The summed E-state index contributed by atoms with van der Waals surface area (Å²) in [7, 11) is 0. The van der Waals surface area contributed by atoms with Gasteiger partial charge in [0.1, 0.15) is 0 Å². The largest absolute Gasteiger partial charge is 0.481 e. The lowest BCUT2D eigenvalue weighted by Gasteiger charge is -2.17. The fraction of sp³-hybridized carbons (Fsp3) is 0.467. The normalized spacial score (nSPS) is 12.2.